The highest BCUT2D eigenvalue weighted by Crippen LogP contribution is 2.40. The molecule has 1 amide bonds. The summed E-state index contributed by atoms with van der Waals surface area (Å²) in [5.74, 6) is 1.89. The van der Waals surface area contributed by atoms with Crippen LogP contribution in [0.1, 0.15) is 41.5 Å². The van der Waals surface area contributed by atoms with Crippen molar-refractivity contribution in [2.45, 2.75) is 39.3 Å². The summed E-state index contributed by atoms with van der Waals surface area (Å²) >= 11 is 0. The van der Waals surface area contributed by atoms with Gasteiger partial charge >= 0.3 is 0 Å². The lowest BCUT2D eigenvalue weighted by atomic mass is 9.97. The van der Waals surface area contributed by atoms with E-state index >= 15 is 0 Å². The minimum atomic E-state index is -0.0924. The molecule has 0 unspecified atom stereocenters. The Hall–Kier alpha value is -2.82. The molecule has 0 radical (unpaired) electrons. The topological polar surface area (TPSA) is 56.2 Å². The number of para-hydroxylation sites is 3. The third-order valence-corrected chi connectivity index (χ3v) is 5.25. The van der Waals surface area contributed by atoms with Crippen LogP contribution in [0.15, 0.2) is 42.5 Å². The van der Waals surface area contributed by atoms with Gasteiger partial charge < -0.3 is 14.6 Å². The molecular weight excluding hydrogens is 326 g/mol. The van der Waals surface area contributed by atoms with Crippen molar-refractivity contribution >= 4 is 16.9 Å². The van der Waals surface area contributed by atoms with Crippen molar-refractivity contribution in [3.63, 3.8) is 0 Å². The molecule has 2 atom stereocenters. The molecule has 134 valence electrons. The number of imidazole rings is 1. The van der Waals surface area contributed by atoms with Gasteiger partial charge in [-0.2, -0.15) is 0 Å². The van der Waals surface area contributed by atoms with E-state index in [0.29, 0.717) is 24.6 Å². The minimum Gasteiger partial charge on any atom is -0.489 e. The Labute approximate surface area is 153 Å². The van der Waals surface area contributed by atoms with Gasteiger partial charge in [0.05, 0.1) is 16.6 Å². The van der Waals surface area contributed by atoms with Gasteiger partial charge in [0.25, 0.3) is 5.91 Å². The molecule has 5 heteroatoms. The summed E-state index contributed by atoms with van der Waals surface area (Å²) in [6.07, 6.45) is 0.0962. The van der Waals surface area contributed by atoms with E-state index in [0.717, 1.165) is 28.2 Å². The lowest BCUT2D eigenvalue weighted by molar-refractivity contribution is 0.0947. The molecule has 26 heavy (non-hydrogen) atoms. The first-order valence-electron chi connectivity index (χ1n) is 9.06. The van der Waals surface area contributed by atoms with Crippen LogP contribution in [0, 0.1) is 6.92 Å². The average Bonchev–Trinajstić information content (AvgIpc) is 3.11. The summed E-state index contributed by atoms with van der Waals surface area (Å²) in [7, 11) is 0. The number of amides is 1. The van der Waals surface area contributed by atoms with Crippen LogP contribution in [0.5, 0.6) is 5.75 Å². The Morgan fingerprint density at radius 2 is 2.00 bits per heavy atom. The zero-order valence-corrected chi connectivity index (χ0v) is 15.3. The van der Waals surface area contributed by atoms with Crippen LogP contribution in [0.4, 0.5) is 0 Å². The van der Waals surface area contributed by atoms with E-state index in [1.165, 1.54) is 0 Å². The van der Waals surface area contributed by atoms with Crippen molar-refractivity contribution in [3.05, 3.63) is 59.4 Å². The van der Waals surface area contributed by atoms with E-state index in [4.69, 9.17) is 4.74 Å². The Balaban J connectivity index is 1.48. The lowest BCUT2D eigenvalue weighted by Gasteiger charge is -2.11. The van der Waals surface area contributed by atoms with Crippen molar-refractivity contribution in [3.8, 4) is 5.75 Å². The van der Waals surface area contributed by atoms with E-state index in [1.54, 1.807) is 0 Å². The first-order valence-corrected chi connectivity index (χ1v) is 9.06. The maximum atomic E-state index is 12.7. The Kier molecular flexibility index (Phi) is 4.15. The summed E-state index contributed by atoms with van der Waals surface area (Å²) in [5.41, 5.74) is 3.80. The number of nitrogens with one attached hydrogen (secondary N) is 1. The molecule has 2 heterocycles. The summed E-state index contributed by atoms with van der Waals surface area (Å²) in [6.45, 7) is 7.38. The van der Waals surface area contributed by atoms with Crippen LogP contribution in [0.2, 0.25) is 0 Å². The predicted molar refractivity (Wildman–Crippen MR) is 102 cm³/mol. The monoisotopic (exact) mass is 349 g/mol. The fraction of sp³-hybridized carbons (Fsp3) is 0.333. The molecule has 1 aliphatic rings. The largest absolute Gasteiger partial charge is 0.489 e. The van der Waals surface area contributed by atoms with Crippen molar-refractivity contribution in [2.75, 3.05) is 6.54 Å². The maximum Gasteiger partial charge on any atom is 0.255 e. The van der Waals surface area contributed by atoms with Gasteiger partial charge in [-0.05, 0) is 32.0 Å². The number of rotatable bonds is 4. The van der Waals surface area contributed by atoms with Gasteiger partial charge in [0.15, 0.2) is 0 Å². The average molecular weight is 349 g/mol. The van der Waals surface area contributed by atoms with Gasteiger partial charge in [-0.15, -0.1) is 0 Å². The number of hydrogen-bond donors (Lipinski definition) is 1. The lowest BCUT2D eigenvalue weighted by Crippen LogP contribution is -2.28. The molecule has 0 aliphatic carbocycles. The highest BCUT2D eigenvalue weighted by Gasteiger charge is 2.30. The van der Waals surface area contributed by atoms with Crippen molar-refractivity contribution in [1.29, 1.82) is 0 Å². The maximum absolute atomic E-state index is 12.7. The fourth-order valence-corrected chi connectivity index (χ4v) is 3.62. The van der Waals surface area contributed by atoms with Crippen molar-refractivity contribution < 1.29 is 9.53 Å². The number of ether oxygens (including phenoxy) is 1. The third-order valence-electron chi connectivity index (χ3n) is 5.25. The van der Waals surface area contributed by atoms with Crippen LogP contribution in [0.3, 0.4) is 0 Å². The Morgan fingerprint density at radius 3 is 2.85 bits per heavy atom. The molecule has 5 nitrogen and oxygen atoms in total. The summed E-state index contributed by atoms with van der Waals surface area (Å²) < 4.78 is 8.05. The molecule has 0 saturated heterocycles. The quantitative estimate of drug-likeness (QED) is 0.782. The smallest absolute Gasteiger partial charge is 0.255 e. The second kappa shape index (κ2) is 6.48. The van der Waals surface area contributed by atoms with Gasteiger partial charge in [-0.25, -0.2) is 4.98 Å². The molecule has 1 aliphatic heterocycles. The number of nitrogens with zero attached hydrogens (tertiary/aromatic N) is 2. The highest BCUT2D eigenvalue weighted by atomic mass is 16.5. The van der Waals surface area contributed by atoms with E-state index in [-0.39, 0.29) is 12.0 Å². The van der Waals surface area contributed by atoms with E-state index < -0.39 is 0 Å². The van der Waals surface area contributed by atoms with Crippen LogP contribution < -0.4 is 10.1 Å². The van der Waals surface area contributed by atoms with Crippen LogP contribution in [-0.4, -0.2) is 28.1 Å². The number of benzene rings is 2. The number of aromatic nitrogens is 2. The van der Waals surface area contributed by atoms with Crippen LogP contribution in [0.25, 0.3) is 11.0 Å². The fourth-order valence-electron chi connectivity index (χ4n) is 3.62. The number of hydrogen-bond acceptors (Lipinski definition) is 3. The molecule has 0 saturated carbocycles. The predicted octanol–water partition coefficient (Wildman–Crippen LogP) is 3.66. The van der Waals surface area contributed by atoms with Gasteiger partial charge in [0, 0.05) is 24.6 Å². The minimum absolute atomic E-state index is 0.0924. The van der Waals surface area contributed by atoms with Crippen LogP contribution in [-0.2, 0) is 6.54 Å². The first-order chi connectivity index (χ1) is 12.6. The summed E-state index contributed by atoms with van der Waals surface area (Å²) in [6, 6.07) is 13.9. The normalized spacial score (nSPS) is 18.6. The highest BCUT2D eigenvalue weighted by molar-refractivity contribution is 5.97. The molecular formula is C21H23N3O2. The summed E-state index contributed by atoms with van der Waals surface area (Å²) in [5, 5.41) is 3.02. The van der Waals surface area contributed by atoms with E-state index in [2.05, 4.69) is 27.9 Å². The Bertz CT molecular complexity index is 977. The molecule has 3 aromatic rings. The zero-order chi connectivity index (χ0) is 18.3. The first kappa shape index (κ1) is 16.6. The van der Waals surface area contributed by atoms with Crippen molar-refractivity contribution in [2.24, 2.45) is 0 Å². The van der Waals surface area contributed by atoms with Gasteiger partial charge in [0.1, 0.15) is 17.7 Å². The second-order valence-electron chi connectivity index (χ2n) is 6.89. The second-order valence-corrected chi connectivity index (χ2v) is 6.89. The van der Waals surface area contributed by atoms with Gasteiger partial charge in [0.2, 0.25) is 0 Å². The van der Waals surface area contributed by atoms with Crippen molar-refractivity contribution in [1.82, 2.24) is 14.9 Å². The molecule has 0 spiro atoms. The van der Waals surface area contributed by atoms with Gasteiger partial charge in [-0.3, -0.25) is 4.79 Å². The third kappa shape index (κ3) is 2.73. The van der Waals surface area contributed by atoms with E-state index in [1.807, 2.05) is 50.2 Å². The molecule has 0 bridgehead atoms. The van der Waals surface area contributed by atoms with Gasteiger partial charge in [-0.1, -0.05) is 31.2 Å². The molecule has 1 aromatic heterocycles. The van der Waals surface area contributed by atoms with Crippen LogP contribution >= 0.6 is 0 Å². The molecule has 0 fully saturated rings. The molecule has 1 N–H and O–H groups in total. The number of aryl methyl sites for hydroxylation is 1. The number of carbonyl (C=O) groups is 1. The Morgan fingerprint density at radius 1 is 1.19 bits per heavy atom. The number of carbonyl (C=O) groups excluding carboxylic acids is 1. The molecule has 2 aromatic carbocycles. The van der Waals surface area contributed by atoms with E-state index in [9.17, 15) is 4.79 Å². The zero-order valence-electron chi connectivity index (χ0n) is 15.3. The molecule has 4 rings (SSSR count). The summed E-state index contributed by atoms with van der Waals surface area (Å²) in [4.78, 5) is 17.2. The SMILES string of the molecule is Cc1nc2ccccc2n1CCNC(=O)c1cccc2c1O[C@@H](C)[C@H]2C. The number of fused-ring (bicyclic) bond motifs is 2. The standard InChI is InChI=1S/C21H23N3O2/c1-13-14(2)26-20-16(13)7-6-8-17(20)21(25)22-11-12-24-15(3)23-18-9-4-5-10-19(18)24/h4-10,13-14H,11-12H2,1-3H3,(H,22,25)/t13-,14+/m1/s1.